The molecule has 0 saturated carbocycles. The van der Waals surface area contributed by atoms with Gasteiger partial charge in [0, 0.05) is 29.0 Å². The average Bonchev–Trinajstić information content (AvgIpc) is 3.30. The van der Waals surface area contributed by atoms with Crippen LogP contribution in [0.3, 0.4) is 0 Å². The highest BCUT2D eigenvalue weighted by molar-refractivity contribution is 6.30. The summed E-state index contributed by atoms with van der Waals surface area (Å²) in [6.07, 6.45) is 6.12. The molecule has 26 heavy (non-hydrogen) atoms. The molecule has 2 N–H and O–H groups in total. The molecule has 1 amide bonds. The van der Waals surface area contributed by atoms with E-state index in [1.54, 1.807) is 18.5 Å². The number of amides is 1. The highest BCUT2D eigenvalue weighted by Crippen LogP contribution is 2.23. The van der Waals surface area contributed by atoms with Gasteiger partial charge in [-0.05, 0) is 42.3 Å². The Morgan fingerprint density at radius 1 is 1.31 bits per heavy atom. The lowest BCUT2D eigenvalue weighted by atomic mass is 10.1. The average molecular weight is 366 g/mol. The van der Waals surface area contributed by atoms with Crippen molar-refractivity contribution in [2.45, 2.75) is 13.3 Å². The maximum atomic E-state index is 12.8. The third-order valence-corrected chi connectivity index (χ3v) is 4.43. The van der Waals surface area contributed by atoms with Gasteiger partial charge in [0.2, 0.25) is 5.95 Å². The third kappa shape index (κ3) is 2.95. The largest absolute Gasteiger partial charge is 0.346 e. The molecule has 3 aromatic heterocycles. The zero-order valence-electron chi connectivity index (χ0n) is 14.0. The number of halogens is 1. The van der Waals surface area contributed by atoms with E-state index in [1.165, 1.54) is 0 Å². The van der Waals surface area contributed by atoms with Crippen molar-refractivity contribution in [3.8, 4) is 5.69 Å². The van der Waals surface area contributed by atoms with Crippen LogP contribution in [-0.2, 0) is 6.42 Å². The SMILES string of the molecule is CCc1ccc(Cl)cc1-n1cccc1C(=O)Nc1ncc2cc[nH]c2n1. The minimum absolute atomic E-state index is 0.250. The number of H-pyrrole nitrogens is 1. The van der Waals surface area contributed by atoms with Crippen molar-refractivity contribution in [3.05, 3.63) is 71.3 Å². The summed E-state index contributed by atoms with van der Waals surface area (Å²) in [5.41, 5.74) is 3.14. The van der Waals surface area contributed by atoms with Crippen LogP contribution in [0.2, 0.25) is 5.02 Å². The van der Waals surface area contributed by atoms with Crippen LogP contribution in [0.25, 0.3) is 16.7 Å². The predicted molar refractivity (Wildman–Crippen MR) is 102 cm³/mol. The number of rotatable bonds is 4. The number of carbonyl (C=O) groups excluding carboxylic acids is 1. The Balaban J connectivity index is 1.68. The molecule has 0 bridgehead atoms. The summed E-state index contributed by atoms with van der Waals surface area (Å²) >= 11 is 6.16. The second-order valence-corrected chi connectivity index (χ2v) is 6.26. The van der Waals surface area contributed by atoms with Crippen LogP contribution in [0.5, 0.6) is 0 Å². The molecule has 0 aliphatic rings. The van der Waals surface area contributed by atoms with Gasteiger partial charge in [0.1, 0.15) is 11.3 Å². The number of aryl methyl sites for hydroxylation is 1. The first-order chi connectivity index (χ1) is 12.7. The highest BCUT2D eigenvalue weighted by Gasteiger charge is 2.16. The molecule has 0 unspecified atom stereocenters. The van der Waals surface area contributed by atoms with Crippen molar-refractivity contribution in [3.63, 3.8) is 0 Å². The zero-order chi connectivity index (χ0) is 18.1. The maximum absolute atomic E-state index is 12.8. The Labute approximate surface area is 154 Å². The maximum Gasteiger partial charge on any atom is 0.275 e. The number of hydrogen-bond acceptors (Lipinski definition) is 3. The van der Waals surface area contributed by atoms with Crippen LogP contribution < -0.4 is 5.32 Å². The first-order valence-corrected chi connectivity index (χ1v) is 8.61. The van der Waals surface area contributed by atoms with E-state index in [0.717, 1.165) is 23.1 Å². The van der Waals surface area contributed by atoms with E-state index in [0.29, 0.717) is 16.4 Å². The van der Waals surface area contributed by atoms with Crippen LogP contribution in [0.1, 0.15) is 23.0 Å². The molecule has 1 aromatic carbocycles. The van der Waals surface area contributed by atoms with Crippen LogP contribution >= 0.6 is 11.6 Å². The number of fused-ring (bicyclic) bond motifs is 1. The minimum Gasteiger partial charge on any atom is -0.346 e. The normalized spacial score (nSPS) is 11.0. The Hall–Kier alpha value is -3.12. The molecule has 0 radical (unpaired) electrons. The van der Waals surface area contributed by atoms with E-state index in [1.807, 2.05) is 41.1 Å². The molecular weight excluding hydrogens is 350 g/mol. The third-order valence-electron chi connectivity index (χ3n) is 4.19. The highest BCUT2D eigenvalue weighted by atomic mass is 35.5. The molecule has 3 heterocycles. The van der Waals surface area contributed by atoms with Crippen LogP contribution in [-0.4, -0.2) is 25.4 Å². The van der Waals surface area contributed by atoms with Gasteiger partial charge in [0.05, 0.1) is 5.69 Å². The van der Waals surface area contributed by atoms with Gasteiger partial charge in [0.15, 0.2) is 0 Å². The number of aromatic nitrogens is 4. The number of carbonyl (C=O) groups is 1. The number of hydrogen-bond donors (Lipinski definition) is 2. The first kappa shape index (κ1) is 16.4. The predicted octanol–water partition coefficient (Wildman–Crippen LogP) is 4.22. The lowest BCUT2D eigenvalue weighted by Gasteiger charge is -2.13. The molecule has 0 fully saturated rings. The minimum atomic E-state index is -0.289. The van der Waals surface area contributed by atoms with Gasteiger partial charge >= 0.3 is 0 Å². The fourth-order valence-corrected chi connectivity index (χ4v) is 3.07. The van der Waals surface area contributed by atoms with Crippen molar-refractivity contribution in [2.24, 2.45) is 0 Å². The smallest absolute Gasteiger partial charge is 0.275 e. The Kier molecular flexibility index (Phi) is 4.18. The van der Waals surface area contributed by atoms with Crippen molar-refractivity contribution in [1.82, 2.24) is 19.5 Å². The molecule has 0 spiro atoms. The van der Waals surface area contributed by atoms with Gasteiger partial charge in [-0.1, -0.05) is 24.6 Å². The van der Waals surface area contributed by atoms with E-state index in [4.69, 9.17) is 11.6 Å². The number of nitrogens with one attached hydrogen (secondary N) is 2. The van der Waals surface area contributed by atoms with Crippen molar-refractivity contribution >= 4 is 34.5 Å². The fraction of sp³-hybridized carbons (Fsp3) is 0.105. The van der Waals surface area contributed by atoms with E-state index in [9.17, 15) is 4.79 Å². The Morgan fingerprint density at radius 2 is 2.19 bits per heavy atom. The summed E-state index contributed by atoms with van der Waals surface area (Å²) < 4.78 is 1.83. The summed E-state index contributed by atoms with van der Waals surface area (Å²) in [5, 5.41) is 4.26. The van der Waals surface area contributed by atoms with Gasteiger partial charge in [-0.25, -0.2) is 4.98 Å². The quantitative estimate of drug-likeness (QED) is 0.568. The topological polar surface area (TPSA) is 75.6 Å². The monoisotopic (exact) mass is 365 g/mol. The van der Waals surface area contributed by atoms with Crippen LogP contribution in [0.15, 0.2) is 55.0 Å². The lowest BCUT2D eigenvalue weighted by Crippen LogP contribution is -2.18. The zero-order valence-corrected chi connectivity index (χ0v) is 14.8. The van der Waals surface area contributed by atoms with E-state index >= 15 is 0 Å². The second-order valence-electron chi connectivity index (χ2n) is 5.82. The van der Waals surface area contributed by atoms with Crippen molar-refractivity contribution < 1.29 is 4.79 Å². The number of nitrogens with zero attached hydrogens (tertiary/aromatic N) is 3. The van der Waals surface area contributed by atoms with Crippen molar-refractivity contribution in [1.29, 1.82) is 0 Å². The molecule has 0 atom stereocenters. The molecule has 0 aliphatic carbocycles. The summed E-state index contributed by atoms with van der Waals surface area (Å²) in [6, 6.07) is 11.1. The Morgan fingerprint density at radius 3 is 3.04 bits per heavy atom. The van der Waals surface area contributed by atoms with E-state index < -0.39 is 0 Å². The van der Waals surface area contributed by atoms with Gasteiger partial charge in [-0.3, -0.25) is 10.1 Å². The molecule has 6 nitrogen and oxygen atoms in total. The van der Waals surface area contributed by atoms with E-state index in [2.05, 4.69) is 27.2 Å². The fourth-order valence-electron chi connectivity index (χ4n) is 2.90. The number of aromatic amines is 1. The van der Waals surface area contributed by atoms with Crippen LogP contribution in [0, 0.1) is 0 Å². The molecule has 4 aromatic rings. The van der Waals surface area contributed by atoms with Crippen molar-refractivity contribution in [2.75, 3.05) is 5.32 Å². The summed E-state index contributed by atoms with van der Waals surface area (Å²) in [4.78, 5) is 24.3. The molecule has 130 valence electrons. The number of anilines is 1. The van der Waals surface area contributed by atoms with Gasteiger partial charge in [0.25, 0.3) is 5.91 Å². The van der Waals surface area contributed by atoms with Gasteiger partial charge < -0.3 is 9.55 Å². The standard InChI is InChI=1S/C19H16ClN5O/c1-2-12-5-6-14(20)10-16(12)25-9-3-4-15(25)18(26)24-19-22-11-13-7-8-21-17(13)23-19/h3-11H,2H2,1H3,(H2,21,22,23,24,26). The number of benzene rings is 1. The summed E-state index contributed by atoms with van der Waals surface area (Å²) in [5.74, 6) is -0.0394. The second kappa shape index (κ2) is 6.65. The summed E-state index contributed by atoms with van der Waals surface area (Å²) in [6.45, 7) is 2.06. The van der Waals surface area contributed by atoms with Gasteiger partial charge in [-0.2, -0.15) is 4.98 Å². The first-order valence-electron chi connectivity index (χ1n) is 8.23. The van der Waals surface area contributed by atoms with E-state index in [-0.39, 0.29) is 11.9 Å². The molecule has 0 saturated heterocycles. The Bertz CT molecular complexity index is 1100. The molecule has 7 heteroatoms. The lowest BCUT2D eigenvalue weighted by molar-refractivity contribution is 0.102. The van der Waals surface area contributed by atoms with Crippen LogP contribution in [0.4, 0.5) is 5.95 Å². The molecular formula is C19H16ClN5O. The summed E-state index contributed by atoms with van der Waals surface area (Å²) in [7, 11) is 0. The van der Waals surface area contributed by atoms with Gasteiger partial charge in [-0.15, -0.1) is 0 Å². The molecule has 0 aliphatic heterocycles. The molecule has 4 rings (SSSR count).